The number of aromatic nitrogens is 1. The molecule has 1 aromatic rings. The lowest BCUT2D eigenvalue weighted by Crippen LogP contribution is -2.39. The summed E-state index contributed by atoms with van der Waals surface area (Å²) in [6.07, 6.45) is 4.32. The Morgan fingerprint density at radius 1 is 1.47 bits per heavy atom. The van der Waals surface area contributed by atoms with E-state index in [1.54, 1.807) is 11.3 Å². The van der Waals surface area contributed by atoms with Gasteiger partial charge < -0.3 is 10.2 Å². The van der Waals surface area contributed by atoms with E-state index in [0.29, 0.717) is 6.04 Å². The molecular weight excluding hydrogens is 234 g/mol. The highest BCUT2D eigenvalue weighted by molar-refractivity contribution is 7.07. The minimum atomic E-state index is 0.0814. The fourth-order valence-electron chi connectivity index (χ4n) is 2.26. The summed E-state index contributed by atoms with van der Waals surface area (Å²) in [5.41, 5.74) is 2.94. The predicted molar refractivity (Wildman–Crippen MR) is 67.0 cm³/mol. The van der Waals surface area contributed by atoms with E-state index in [1.165, 1.54) is 12.8 Å². The third-order valence-corrected chi connectivity index (χ3v) is 4.07. The maximum atomic E-state index is 12.1. The van der Waals surface area contributed by atoms with Crippen molar-refractivity contribution in [1.82, 2.24) is 15.2 Å². The SMILES string of the molecule is O=C1C(NC2CC2)CCN1CCc1cscn1. The Balaban J connectivity index is 1.49. The number of nitrogens with one attached hydrogen (secondary N) is 1. The number of carbonyl (C=O) groups excluding carboxylic acids is 1. The van der Waals surface area contributed by atoms with Crippen molar-refractivity contribution in [2.45, 2.75) is 37.8 Å². The van der Waals surface area contributed by atoms with Crippen molar-refractivity contribution in [1.29, 1.82) is 0 Å². The Kier molecular flexibility index (Phi) is 3.11. The van der Waals surface area contributed by atoms with Crippen LogP contribution >= 0.6 is 11.3 Å². The first kappa shape index (κ1) is 11.2. The standard InChI is InChI=1S/C12H17N3OS/c16-12-11(14-9-1-2-9)4-6-15(12)5-3-10-7-17-8-13-10/h7-9,11,14H,1-6H2. The number of thiazole rings is 1. The Hall–Kier alpha value is -0.940. The monoisotopic (exact) mass is 251 g/mol. The van der Waals surface area contributed by atoms with Gasteiger partial charge in [-0.3, -0.25) is 4.79 Å². The second-order valence-electron chi connectivity index (χ2n) is 4.84. The van der Waals surface area contributed by atoms with E-state index >= 15 is 0 Å². The molecule has 2 aliphatic rings. The molecule has 0 radical (unpaired) electrons. The number of carbonyl (C=O) groups is 1. The van der Waals surface area contributed by atoms with Gasteiger partial charge in [0.15, 0.2) is 0 Å². The maximum absolute atomic E-state index is 12.1. The topological polar surface area (TPSA) is 45.2 Å². The summed E-state index contributed by atoms with van der Waals surface area (Å²) in [5, 5.41) is 5.48. The highest BCUT2D eigenvalue weighted by Crippen LogP contribution is 2.22. The van der Waals surface area contributed by atoms with Gasteiger partial charge in [0.05, 0.1) is 17.2 Å². The van der Waals surface area contributed by atoms with Crippen molar-refractivity contribution < 1.29 is 4.79 Å². The van der Waals surface area contributed by atoms with Crippen LogP contribution in [0.4, 0.5) is 0 Å². The van der Waals surface area contributed by atoms with Gasteiger partial charge in [-0.1, -0.05) is 0 Å². The van der Waals surface area contributed by atoms with E-state index in [2.05, 4.69) is 15.7 Å². The van der Waals surface area contributed by atoms with Crippen LogP contribution in [0.1, 0.15) is 25.0 Å². The van der Waals surface area contributed by atoms with E-state index in [0.717, 1.165) is 31.6 Å². The first-order valence-corrected chi connectivity index (χ1v) is 7.19. The molecule has 1 amide bonds. The summed E-state index contributed by atoms with van der Waals surface area (Å²) in [6.45, 7) is 1.71. The minimum absolute atomic E-state index is 0.0814. The van der Waals surface area contributed by atoms with Crippen molar-refractivity contribution in [3.63, 3.8) is 0 Å². The fraction of sp³-hybridized carbons (Fsp3) is 0.667. The lowest BCUT2D eigenvalue weighted by molar-refractivity contribution is -0.129. The van der Waals surface area contributed by atoms with Crippen LogP contribution in [-0.2, 0) is 11.2 Å². The van der Waals surface area contributed by atoms with E-state index in [1.807, 2.05) is 10.4 Å². The number of rotatable bonds is 5. The van der Waals surface area contributed by atoms with Crippen molar-refractivity contribution in [2.24, 2.45) is 0 Å². The van der Waals surface area contributed by atoms with Crippen molar-refractivity contribution in [2.75, 3.05) is 13.1 Å². The van der Waals surface area contributed by atoms with Crippen LogP contribution in [0.25, 0.3) is 0 Å². The zero-order valence-corrected chi connectivity index (χ0v) is 10.6. The van der Waals surface area contributed by atoms with Crippen LogP contribution in [-0.4, -0.2) is 41.0 Å². The van der Waals surface area contributed by atoms with Gasteiger partial charge in [-0.25, -0.2) is 4.98 Å². The molecule has 5 heteroatoms. The van der Waals surface area contributed by atoms with Crippen molar-refractivity contribution >= 4 is 17.2 Å². The fourth-order valence-corrected chi connectivity index (χ4v) is 2.85. The Labute approximate surface area is 105 Å². The summed E-state index contributed by atoms with van der Waals surface area (Å²) < 4.78 is 0. The van der Waals surface area contributed by atoms with E-state index < -0.39 is 0 Å². The zero-order chi connectivity index (χ0) is 11.7. The predicted octanol–water partition coefficient (Wildman–Crippen LogP) is 1.04. The van der Waals surface area contributed by atoms with Gasteiger partial charge in [-0.2, -0.15) is 0 Å². The number of hydrogen-bond donors (Lipinski definition) is 1. The molecule has 4 nitrogen and oxygen atoms in total. The Morgan fingerprint density at radius 2 is 2.35 bits per heavy atom. The highest BCUT2D eigenvalue weighted by Gasteiger charge is 2.35. The van der Waals surface area contributed by atoms with Gasteiger partial charge in [0.25, 0.3) is 0 Å². The molecule has 1 saturated carbocycles. The average Bonchev–Trinajstić information content (AvgIpc) is 2.86. The highest BCUT2D eigenvalue weighted by atomic mass is 32.1. The van der Waals surface area contributed by atoms with E-state index in [4.69, 9.17) is 0 Å². The van der Waals surface area contributed by atoms with Crippen molar-refractivity contribution in [3.05, 3.63) is 16.6 Å². The smallest absolute Gasteiger partial charge is 0.239 e. The number of nitrogens with zero attached hydrogens (tertiary/aromatic N) is 2. The maximum Gasteiger partial charge on any atom is 0.239 e. The molecular formula is C12H17N3OS. The van der Waals surface area contributed by atoms with Gasteiger partial charge in [-0.15, -0.1) is 11.3 Å². The molecule has 1 atom stereocenters. The third-order valence-electron chi connectivity index (χ3n) is 3.43. The molecule has 1 aromatic heterocycles. The Morgan fingerprint density at radius 3 is 3.06 bits per heavy atom. The Bertz CT molecular complexity index is 388. The third kappa shape index (κ3) is 2.66. The molecule has 17 heavy (non-hydrogen) atoms. The molecule has 1 saturated heterocycles. The number of amides is 1. The van der Waals surface area contributed by atoms with Crippen LogP contribution in [0, 0.1) is 0 Å². The van der Waals surface area contributed by atoms with Gasteiger partial charge in [0, 0.05) is 30.9 Å². The quantitative estimate of drug-likeness (QED) is 0.850. The molecule has 1 aliphatic carbocycles. The van der Waals surface area contributed by atoms with Crippen LogP contribution in [0.15, 0.2) is 10.9 Å². The first-order valence-electron chi connectivity index (χ1n) is 6.25. The second-order valence-corrected chi connectivity index (χ2v) is 5.56. The number of hydrogen-bond acceptors (Lipinski definition) is 4. The molecule has 2 heterocycles. The number of likely N-dealkylation sites (tertiary alicyclic amines) is 1. The van der Waals surface area contributed by atoms with E-state index in [-0.39, 0.29) is 11.9 Å². The average molecular weight is 251 g/mol. The molecule has 0 spiro atoms. The summed E-state index contributed by atoms with van der Waals surface area (Å²) in [5.74, 6) is 0.284. The van der Waals surface area contributed by atoms with Gasteiger partial charge in [0.1, 0.15) is 0 Å². The minimum Gasteiger partial charge on any atom is -0.341 e. The molecule has 0 aromatic carbocycles. The van der Waals surface area contributed by atoms with Gasteiger partial charge in [0.2, 0.25) is 5.91 Å². The normalized spacial score (nSPS) is 24.6. The molecule has 1 aliphatic heterocycles. The second kappa shape index (κ2) is 4.74. The summed E-state index contributed by atoms with van der Waals surface area (Å²) >= 11 is 1.61. The van der Waals surface area contributed by atoms with Crippen molar-refractivity contribution in [3.8, 4) is 0 Å². The lowest BCUT2D eigenvalue weighted by atomic mass is 10.2. The van der Waals surface area contributed by atoms with Crippen LogP contribution in [0.2, 0.25) is 0 Å². The summed E-state index contributed by atoms with van der Waals surface area (Å²) in [6, 6.07) is 0.695. The molecule has 1 unspecified atom stereocenters. The molecule has 92 valence electrons. The lowest BCUT2D eigenvalue weighted by Gasteiger charge is -2.16. The zero-order valence-electron chi connectivity index (χ0n) is 9.76. The molecule has 0 bridgehead atoms. The summed E-state index contributed by atoms with van der Waals surface area (Å²) in [7, 11) is 0. The van der Waals surface area contributed by atoms with Gasteiger partial charge >= 0.3 is 0 Å². The van der Waals surface area contributed by atoms with Crippen LogP contribution < -0.4 is 5.32 Å². The largest absolute Gasteiger partial charge is 0.341 e. The van der Waals surface area contributed by atoms with Crippen LogP contribution in [0.3, 0.4) is 0 Å². The molecule has 3 rings (SSSR count). The molecule has 1 N–H and O–H groups in total. The first-order chi connectivity index (χ1) is 8.33. The summed E-state index contributed by atoms with van der Waals surface area (Å²) in [4.78, 5) is 18.3. The van der Waals surface area contributed by atoms with Gasteiger partial charge in [-0.05, 0) is 19.3 Å². The molecule has 2 fully saturated rings. The van der Waals surface area contributed by atoms with E-state index in [9.17, 15) is 4.79 Å². The van der Waals surface area contributed by atoms with Crippen LogP contribution in [0.5, 0.6) is 0 Å².